The smallest absolute Gasteiger partial charge is 0.364 e. The zero-order valence-corrected chi connectivity index (χ0v) is 8.24. The Kier molecular flexibility index (Phi) is 3.85. The second-order valence-corrected chi connectivity index (χ2v) is 2.77. The summed E-state index contributed by atoms with van der Waals surface area (Å²) in [6.45, 7) is 2.24. The molecule has 0 spiro atoms. The Morgan fingerprint density at radius 3 is 2.80 bits per heavy atom. The van der Waals surface area contributed by atoms with Gasteiger partial charge in [0.2, 0.25) is 5.83 Å². The van der Waals surface area contributed by atoms with E-state index in [9.17, 15) is 9.18 Å². The first-order valence-corrected chi connectivity index (χ1v) is 4.47. The minimum absolute atomic E-state index is 0.416. The van der Waals surface area contributed by atoms with Gasteiger partial charge in [-0.2, -0.15) is 4.39 Å². The zero-order valence-electron chi connectivity index (χ0n) is 8.24. The van der Waals surface area contributed by atoms with Crippen molar-refractivity contribution in [3.8, 4) is 5.75 Å². The monoisotopic (exact) mass is 210 g/mol. The molecule has 1 aromatic carbocycles. The number of benzene rings is 1. The summed E-state index contributed by atoms with van der Waals surface area (Å²) in [5, 5.41) is 8.38. The van der Waals surface area contributed by atoms with E-state index in [0.29, 0.717) is 17.9 Å². The van der Waals surface area contributed by atoms with Gasteiger partial charge >= 0.3 is 5.97 Å². The van der Waals surface area contributed by atoms with Crippen LogP contribution in [0.4, 0.5) is 4.39 Å². The van der Waals surface area contributed by atoms with E-state index in [0.717, 1.165) is 6.08 Å². The van der Waals surface area contributed by atoms with Gasteiger partial charge in [-0.3, -0.25) is 0 Å². The Bertz CT molecular complexity index is 385. The Hall–Kier alpha value is -1.84. The van der Waals surface area contributed by atoms with Crippen LogP contribution in [0.25, 0.3) is 6.08 Å². The molecule has 1 N–H and O–H groups in total. The van der Waals surface area contributed by atoms with Crippen LogP contribution < -0.4 is 4.74 Å². The molecule has 0 aliphatic rings. The Labute approximate surface area is 86.8 Å². The number of aliphatic carboxylic acids is 1. The quantitative estimate of drug-likeness (QED) is 0.776. The van der Waals surface area contributed by atoms with E-state index >= 15 is 0 Å². The number of ether oxygens (including phenoxy) is 1. The van der Waals surface area contributed by atoms with Crippen molar-refractivity contribution in [1.29, 1.82) is 0 Å². The van der Waals surface area contributed by atoms with Crippen LogP contribution in [0.2, 0.25) is 0 Å². The van der Waals surface area contributed by atoms with Crippen molar-refractivity contribution in [2.24, 2.45) is 0 Å². The highest BCUT2D eigenvalue weighted by molar-refractivity contribution is 5.90. The van der Waals surface area contributed by atoms with Crippen LogP contribution in [0.1, 0.15) is 12.5 Å². The number of halogens is 1. The van der Waals surface area contributed by atoms with Crippen LogP contribution in [0.15, 0.2) is 30.1 Å². The lowest BCUT2D eigenvalue weighted by atomic mass is 10.2. The average molecular weight is 210 g/mol. The van der Waals surface area contributed by atoms with Crippen LogP contribution in [0, 0.1) is 0 Å². The fraction of sp³-hybridized carbons (Fsp3) is 0.182. The van der Waals surface area contributed by atoms with Gasteiger partial charge in [-0.05, 0) is 19.1 Å². The van der Waals surface area contributed by atoms with E-state index in [4.69, 9.17) is 9.84 Å². The molecule has 0 amide bonds. The van der Waals surface area contributed by atoms with E-state index in [1.165, 1.54) is 0 Å². The molecule has 0 aromatic heterocycles. The topological polar surface area (TPSA) is 46.5 Å². The van der Waals surface area contributed by atoms with Crippen LogP contribution in [-0.2, 0) is 4.79 Å². The lowest BCUT2D eigenvalue weighted by molar-refractivity contribution is -0.134. The molecule has 0 bridgehead atoms. The van der Waals surface area contributed by atoms with E-state index in [1.54, 1.807) is 31.2 Å². The predicted molar refractivity (Wildman–Crippen MR) is 54.3 cm³/mol. The Morgan fingerprint density at radius 1 is 1.53 bits per heavy atom. The van der Waals surface area contributed by atoms with E-state index in [-0.39, 0.29) is 0 Å². The predicted octanol–water partition coefficient (Wildman–Crippen LogP) is 2.48. The third kappa shape index (κ3) is 3.09. The molecule has 1 rings (SSSR count). The molecule has 80 valence electrons. The van der Waals surface area contributed by atoms with Gasteiger partial charge in [0.25, 0.3) is 0 Å². The Balaban J connectivity index is 3.03. The minimum Gasteiger partial charge on any atom is -0.493 e. The first kappa shape index (κ1) is 11.2. The number of carboxylic acids is 1. The first-order chi connectivity index (χ1) is 7.15. The summed E-state index contributed by atoms with van der Waals surface area (Å²) in [6, 6.07) is 6.67. The van der Waals surface area contributed by atoms with Gasteiger partial charge in [-0.1, -0.05) is 18.2 Å². The molecule has 3 nitrogen and oxygen atoms in total. The number of para-hydroxylation sites is 1. The third-order valence-electron chi connectivity index (χ3n) is 1.71. The van der Waals surface area contributed by atoms with Crippen LogP contribution in [-0.4, -0.2) is 17.7 Å². The SMILES string of the molecule is CCOc1ccccc1C=C(F)C(=O)O. The molecule has 0 aliphatic carbocycles. The van der Waals surface area contributed by atoms with Crippen molar-refractivity contribution in [3.63, 3.8) is 0 Å². The molecule has 0 radical (unpaired) electrons. The highest BCUT2D eigenvalue weighted by Gasteiger charge is 2.07. The zero-order chi connectivity index (χ0) is 11.3. The summed E-state index contributed by atoms with van der Waals surface area (Å²) in [6.07, 6.45) is 0.938. The summed E-state index contributed by atoms with van der Waals surface area (Å²) in [4.78, 5) is 10.3. The summed E-state index contributed by atoms with van der Waals surface area (Å²) < 4.78 is 18.1. The fourth-order valence-corrected chi connectivity index (χ4v) is 1.08. The molecule has 1 aromatic rings. The standard InChI is InChI=1S/C11H11FO3/c1-2-15-10-6-4-3-5-8(10)7-9(12)11(13)14/h3-7H,2H2,1H3,(H,13,14). The van der Waals surface area contributed by atoms with Gasteiger partial charge in [0.1, 0.15) is 5.75 Å². The normalized spacial score (nSPS) is 11.2. The third-order valence-corrected chi connectivity index (χ3v) is 1.71. The van der Waals surface area contributed by atoms with E-state index in [2.05, 4.69) is 0 Å². The van der Waals surface area contributed by atoms with Crippen LogP contribution in [0.5, 0.6) is 5.75 Å². The van der Waals surface area contributed by atoms with Crippen molar-refractivity contribution in [2.45, 2.75) is 6.92 Å². The molecular formula is C11H11FO3. The van der Waals surface area contributed by atoms with Crippen molar-refractivity contribution in [3.05, 3.63) is 35.7 Å². The summed E-state index contributed by atoms with van der Waals surface area (Å²) in [7, 11) is 0. The van der Waals surface area contributed by atoms with Gasteiger partial charge in [-0.25, -0.2) is 4.79 Å². The molecule has 0 aliphatic heterocycles. The molecule has 4 heteroatoms. The fourth-order valence-electron chi connectivity index (χ4n) is 1.08. The molecule has 0 saturated carbocycles. The summed E-state index contributed by atoms with van der Waals surface area (Å²) in [5.41, 5.74) is 0.416. The van der Waals surface area contributed by atoms with Gasteiger partial charge in [0, 0.05) is 5.56 Å². The Morgan fingerprint density at radius 2 is 2.20 bits per heavy atom. The van der Waals surface area contributed by atoms with Crippen molar-refractivity contribution in [2.75, 3.05) is 6.61 Å². The van der Waals surface area contributed by atoms with Crippen LogP contribution >= 0.6 is 0 Å². The minimum atomic E-state index is -1.58. The van der Waals surface area contributed by atoms with Gasteiger partial charge in [-0.15, -0.1) is 0 Å². The van der Waals surface area contributed by atoms with Gasteiger partial charge < -0.3 is 9.84 Å². The molecule has 15 heavy (non-hydrogen) atoms. The largest absolute Gasteiger partial charge is 0.493 e. The van der Waals surface area contributed by atoms with Crippen molar-refractivity contribution < 1.29 is 19.0 Å². The van der Waals surface area contributed by atoms with Crippen molar-refractivity contribution >= 4 is 12.0 Å². The number of hydrogen-bond donors (Lipinski definition) is 1. The number of hydrogen-bond acceptors (Lipinski definition) is 2. The highest BCUT2D eigenvalue weighted by Crippen LogP contribution is 2.21. The molecule has 0 unspecified atom stereocenters. The molecular weight excluding hydrogens is 199 g/mol. The second kappa shape index (κ2) is 5.14. The maximum absolute atomic E-state index is 12.8. The first-order valence-electron chi connectivity index (χ1n) is 4.47. The summed E-state index contributed by atoms with van der Waals surface area (Å²) >= 11 is 0. The molecule has 0 saturated heterocycles. The number of rotatable bonds is 4. The average Bonchev–Trinajstić information content (AvgIpc) is 2.21. The number of carbonyl (C=O) groups is 1. The van der Waals surface area contributed by atoms with E-state index in [1.807, 2.05) is 0 Å². The second-order valence-electron chi connectivity index (χ2n) is 2.77. The van der Waals surface area contributed by atoms with E-state index < -0.39 is 11.8 Å². The van der Waals surface area contributed by atoms with Crippen molar-refractivity contribution in [1.82, 2.24) is 0 Å². The summed E-state index contributed by atoms with van der Waals surface area (Å²) in [5.74, 6) is -2.32. The molecule has 0 heterocycles. The highest BCUT2D eigenvalue weighted by atomic mass is 19.1. The van der Waals surface area contributed by atoms with Gasteiger partial charge in [0.05, 0.1) is 6.61 Å². The molecule has 0 fully saturated rings. The maximum Gasteiger partial charge on any atom is 0.364 e. The molecule has 0 atom stereocenters. The lowest BCUT2D eigenvalue weighted by Crippen LogP contribution is -1.96. The lowest BCUT2D eigenvalue weighted by Gasteiger charge is -2.05. The van der Waals surface area contributed by atoms with Gasteiger partial charge in [0.15, 0.2) is 0 Å². The number of carboxylic acid groups (broad SMARTS) is 1. The maximum atomic E-state index is 12.8. The van der Waals surface area contributed by atoms with Crippen LogP contribution in [0.3, 0.4) is 0 Å².